The molecule has 0 saturated carbocycles. The van der Waals surface area contributed by atoms with Crippen LogP contribution in [-0.4, -0.2) is 17.1 Å². The van der Waals surface area contributed by atoms with Crippen LogP contribution in [0.2, 0.25) is 0 Å². The smallest absolute Gasteiger partial charge is 0.264 e. The third-order valence-corrected chi connectivity index (χ3v) is 4.34. The van der Waals surface area contributed by atoms with Crippen molar-refractivity contribution < 1.29 is 4.74 Å². The fourth-order valence-corrected chi connectivity index (χ4v) is 2.56. The molecule has 0 radical (unpaired) electrons. The molecule has 1 heterocycles. The zero-order chi connectivity index (χ0) is 13.1. The lowest BCUT2D eigenvalue weighted by Crippen LogP contribution is -2.33. The first-order valence-corrected chi connectivity index (χ1v) is 6.96. The molecule has 4 nitrogen and oxygen atoms in total. The highest BCUT2D eigenvalue weighted by Crippen LogP contribution is 2.29. The van der Waals surface area contributed by atoms with Gasteiger partial charge in [0.1, 0.15) is 11.4 Å². The van der Waals surface area contributed by atoms with Gasteiger partial charge < -0.3 is 9.72 Å². The average molecular weight is 350 g/mol. The molecule has 0 aromatic carbocycles. The summed E-state index contributed by atoms with van der Waals surface area (Å²) in [6.45, 7) is 6.08. The van der Waals surface area contributed by atoms with Crippen LogP contribution in [0.1, 0.15) is 45.1 Å². The molecule has 0 atom stereocenters. The van der Waals surface area contributed by atoms with Crippen LogP contribution in [0.4, 0.5) is 0 Å². The number of aryl methyl sites for hydroxylation is 1. The molecule has 0 fully saturated rings. The zero-order valence-electron chi connectivity index (χ0n) is 10.8. The van der Waals surface area contributed by atoms with E-state index in [1.165, 1.54) is 0 Å². The van der Waals surface area contributed by atoms with Crippen LogP contribution in [0, 0.1) is 3.57 Å². The molecule has 0 amide bonds. The Kier molecular flexibility index (Phi) is 5.12. The van der Waals surface area contributed by atoms with Crippen LogP contribution >= 0.6 is 22.6 Å². The van der Waals surface area contributed by atoms with Gasteiger partial charge in [-0.25, -0.2) is 4.98 Å². The molecule has 17 heavy (non-hydrogen) atoms. The molecule has 0 aliphatic heterocycles. The van der Waals surface area contributed by atoms with Gasteiger partial charge in [0.2, 0.25) is 0 Å². The van der Waals surface area contributed by atoms with E-state index < -0.39 is 5.60 Å². The Balaban J connectivity index is 3.40. The normalized spacial score (nSPS) is 11.8. The van der Waals surface area contributed by atoms with Gasteiger partial charge >= 0.3 is 0 Å². The zero-order valence-corrected chi connectivity index (χ0v) is 12.9. The minimum atomic E-state index is -0.479. The minimum Gasteiger partial charge on any atom is -0.370 e. The summed E-state index contributed by atoms with van der Waals surface area (Å²) >= 11 is 2.04. The standard InChI is InChI=1S/C12H19IN2O2/c1-5-8-9(13)10(16)15-11(14-8)12(6-2,7-3)17-4/h5-7H2,1-4H3,(H,14,15,16). The summed E-state index contributed by atoms with van der Waals surface area (Å²) in [4.78, 5) is 19.2. The number of nitrogens with one attached hydrogen (secondary N) is 1. The SMILES string of the molecule is CCc1nc(C(CC)(CC)OC)[nH]c(=O)c1I. The van der Waals surface area contributed by atoms with Gasteiger partial charge in [0, 0.05) is 7.11 Å². The Morgan fingerprint density at radius 2 is 1.94 bits per heavy atom. The Labute approximate surface area is 115 Å². The van der Waals surface area contributed by atoms with Gasteiger partial charge in [0.05, 0.1) is 9.26 Å². The number of aromatic nitrogens is 2. The van der Waals surface area contributed by atoms with Crippen LogP contribution in [0.5, 0.6) is 0 Å². The summed E-state index contributed by atoms with van der Waals surface area (Å²) in [6, 6.07) is 0. The van der Waals surface area contributed by atoms with Crippen LogP contribution in [0.25, 0.3) is 0 Å². The molecule has 0 aliphatic carbocycles. The van der Waals surface area contributed by atoms with E-state index in [2.05, 4.69) is 9.97 Å². The highest BCUT2D eigenvalue weighted by Gasteiger charge is 2.31. The predicted octanol–water partition coefficient (Wildman–Crippen LogP) is 2.60. The molecule has 5 heteroatoms. The molecule has 0 unspecified atom stereocenters. The first-order chi connectivity index (χ1) is 8.04. The van der Waals surface area contributed by atoms with Crippen molar-refractivity contribution in [1.82, 2.24) is 9.97 Å². The summed E-state index contributed by atoms with van der Waals surface area (Å²) in [5, 5.41) is 0. The maximum absolute atomic E-state index is 11.9. The third-order valence-electron chi connectivity index (χ3n) is 3.23. The molecular formula is C12H19IN2O2. The number of hydrogen-bond acceptors (Lipinski definition) is 3. The Morgan fingerprint density at radius 3 is 2.35 bits per heavy atom. The van der Waals surface area contributed by atoms with Gasteiger partial charge in [-0.1, -0.05) is 20.8 Å². The van der Waals surface area contributed by atoms with E-state index in [9.17, 15) is 4.79 Å². The lowest BCUT2D eigenvalue weighted by Gasteiger charge is -2.29. The lowest BCUT2D eigenvalue weighted by molar-refractivity contribution is -0.0295. The van der Waals surface area contributed by atoms with Crippen LogP contribution in [0.15, 0.2) is 4.79 Å². The molecule has 1 aromatic rings. The maximum Gasteiger partial charge on any atom is 0.264 e. The van der Waals surface area contributed by atoms with Crippen molar-refractivity contribution in [3.05, 3.63) is 25.4 Å². The van der Waals surface area contributed by atoms with Crippen molar-refractivity contribution in [2.24, 2.45) is 0 Å². The highest BCUT2D eigenvalue weighted by molar-refractivity contribution is 14.1. The van der Waals surface area contributed by atoms with E-state index in [0.29, 0.717) is 9.39 Å². The number of hydrogen-bond donors (Lipinski definition) is 1. The number of nitrogens with zero attached hydrogens (tertiary/aromatic N) is 1. The molecule has 0 aliphatic rings. The molecule has 1 N–H and O–H groups in total. The second-order valence-electron chi connectivity index (χ2n) is 3.93. The molecule has 0 saturated heterocycles. The largest absolute Gasteiger partial charge is 0.370 e. The number of rotatable bonds is 5. The summed E-state index contributed by atoms with van der Waals surface area (Å²) in [5.74, 6) is 0.646. The van der Waals surface area contributed by atoms with Crippen LogP contribution in [0.3, 0.4) is 0 Å². The number of halogens is 1. The van der Waals surface area contributed by atoms with Gasteiger partial charge in [-0.3, -0.25) is 4.79 Å². The molecule has 0 bridgehead atoms. The quantitative estimate of drug-likeness (QED) is 0.831. The highest BCUT2D eigenvalue weighted by atomic mass is 127. The van der Waals surface area contributed by atoms with Crippen molar-refractivity contribution in [3.8, 4) is 0 Å². The predicted molar refractivity (Wildman–Crippen MR) is 76.2 cm³/mol. The Bertz CT molecular complexity index is 430. The second kappa shape index (κ2) is 5.95. The summed E-state index contributed by atoms with van der Waals surface area (Å²) in [7, 11) is 1.66. The van der Waals surface area contributed by atoms with E-state index in [1.54, 1.807) is 7.11 Å². The summed E-state index contributed by atoms with van der Waals surface area (Å²) in [6.07, 6.45) is 2.32. The Morgan fingerprint density at radius 1 is 1.35 bits per heavy atom. The summed E-state index contributed by atoms with van der Waals surface area (Å²) in [5.41, 5.74) is 0.288. The first kappa shape index (κ1) is 14.6. The van der Waals surface area contributed by atoms with Gasteiger partial charge in [0.25, 0.3) is 5.56 Å². The van der Waals surface area contributed by atoms with E-state index in [0.717, 1.165) is 25.0 Å². The van der Waals surface area contributed by atoms with Crippen molar-refractivity contribution in [2.45, 2.75) is 45.6 Å². The second-order valence-corrected chi connectivity index (χ2v) is 5.01. The van der Waals surface area contributed by atoms with E-state index in [-0.39, 0.29) is 5.56 Å². The van der Waals surface area contributed by atoms with Crippen molar-refractivity contribution >= 4 is 22.6 Å². The monoisotopic (exact) mass is 350 g/mol. The van der Waals surface area contributed by atoms with Gasteiger partial charge in [-0.2, -0.15) is 0 Å². The van der Waals surface area contributed by atoms with Crippen LogP contribution in [-0.2, 0) is 16.8 Å². The molecule has 96 valence electrons. The lowest BCUT2D eigenvalue weighted by atomic mass is 9.96. The van der Waals surface area contributed by atoms with Gasteiger partial charge in [-0.05, 0) is 41.9 Å². The number of H-pyrrole nitrogens is 1. The van der Waals surface area contributed by atoms with Crippen molar-refractivity contribution in [3.63, 3.8) is 0 Å². The van der Waals surface area contributed by atoms with E-state index >= 15 is 0 Å². The van der Waals surface area contributed by atoms with Gasteiger partial charge in [-0.15, -0.1) is 0 Å². The Hall–Kier alpha value is -0.430. The molecule has 1 aromatic heterocycles. The van der Waals surface area contributed by atoms with Crippen LogP contribution < -0.4 is 5.56 Å². The van der Waals surface area contributed by atoms with Crippen molar-refractivity contribution in [1.29, 1.82) is 0 Å². The number of aromatic amines is 1. The fraction of sp³-hybridized carbons (Fsp3) is 0.667. The van der Waals surface area contributed by atoms with E-state index in [4.69, 9.17) is 4.74 Å². The average Bonchev–Trinajstić information content (AvgIpc) is 2.36. The summed E-state index contributed by atoms with van der Waals surface area (Å²) < 4.78 is 6.25. The maximum atomic E-state index is 11.9. The topological polar surface area (TPSA) is 55.0 Å². The van der Waals surface area contributed by atoms with Gasteiger partial charge in [0.15, 0.2) is 0 Å². The fourth-order valence-electron chi connectivity index (χ4n) is 1.93. The number of ether oxygens (including phenoxy) is 1. The molecule has 0 spiro atoms. The molecule has 1 rings (SSSR count). The third kappa shape index (κ3) is 2.70. The minimum absolute atomic E-state index is 0.0734. The van der Waals surface area contributed by atoms with Crippen molar-refractivity contribution in [2.75, 3.05) is 7.11 Å². The van der Waals surface area contributed by atoms with E-state index in [1.807, 2.05) is 43.4 Å². The number of methoxy groups -OCH3 is 1. The first-order valence-electron chi connectivity index (χ1n) is 5.88. The molecular weight excluding hydrogens is 331 g/mol.